The Morgan fingerprint density at radius 3 is 2.69 bits per heavy atom. The van der Waals surface area contributed by atoms with Crippen molar-refractivity contribution in [2.24, 2.45) is 5.73 Å². The molecule has 1 aromatic carbocycles. The molecule has 0 aromatic heterocycles. The van der Waals surface area contributed by atoms with Gasteiger partial charge in [0.2, 0.25) is 0 Å². The van der Waals surface area contributed by atoms with Gasteiger partial charge in [0.15, 0.2) is 0 Å². The zero-order valence-electron chi connectivity index (χ0n) is 9.78. The topological polar surface area (TPSA) is 72.5 Å². The van der Waals surface area contributed by atoms with E-state index in [-0.39, 0.29) is 6.61 Å². The van der Waals surface area contributed by atoms with Gasteiger partial charge < -0.3 is 15.6 Å². The maximum atomic E-state index is 10.8. The van der Waals surface area contributed by atoms with Crippen molar-refractivity contribution in [1.82, 2.24) is 0 Å². The molecule has 1 aromatic rings. The molecule has 0 spiro atoms. The highest BCUT2D eigenvalue weighted by Gasteiger charge is 2.29. The first kappa shape index (κ1) is 12.5. The molecule has 4 nitrogen and oxygen atoms in total. The lowest BCUT2D eigenvalue weighted by Gasteiger charge is -2.20. The molecule has 0 amide bonds. The number of aryl methyl sites for hydroxylation is 1. The highest BCUT2D eigenvalue weighted by molar-refractivity contribution is 5.78. The average molecular weight is 223 g/mol. The van der Waals surface area contributed by atoms with Crippen LogP contribution >= 0.6 is 0 Å². The summed E-state index contributed by atoms with van der Waals surface area (Å²) in [7, 11) is 0. The molecule has 4 heteroatoms. The smallest absolute Gasteiger partial charge is 0.326 e. The fraction of sp³-hybridized carbons (Fsp3) is 0.417. The summed E-state index contributed by atoms with van der Waals surface area (Å²) in [5.74, 6) is -0.393. The van der Waals surface area contributed by atoms with E-state index >= 15 is 0 Å². The third kappa shape index (κ3) is 2.73. The number of aliphatic carboxylic acids is 1. The Morgan fingerprint density at radius 1 is 1.50 bits per heavy atom. The molecule has 0 radical (unpaired) electrons. The van der Waals surface area contributed by atoms with Gasteiger partial charge in [0, 0.05) is 0 Å². The monoisotopic (exact) mass is 223 g/mol. The van der Waals surface area contributed by atoms with Crippen molar-refractivity contribution < 1.29 is 14.6 Å². The molecule has 1 unspecified atom stereocenters. The molecule has 16 heavy (non-hydrogen) atoms. The van der Waals surface area contributed by atoms with Crippen molar-refractivity contribution >= 4 is 5.97 Å². The molecule has 0 saturated carbocycles. The minimum atomic E-state index is -1.36. The number of carbonyl (C=O) groups is 1. The lowest BCUT2D eigenvalue weighted by atomic mass is 10.1. The average Bonchev–Trinajstić information content (AvgIpc) is 2.20. The highest BCUT2D eigenvalue weighted by Crippen LogP contribution is 2.21. The van der Waals surface area contributed by atoms with E-state index in [1.54, 1.807) is 6.07 Å². The lowest BCUT2D eigenvalue weighted by molar-refractivity contribution is -0.143. The zero-order chi connectivity index (χ0) is 12.3. The molecule has 0 saturated heterocycles. The van der Waals surface area contributed by atoms with Crippen molar-refractivity contribution in [3.63, 3.8) is 0 Å². The second kappa shape index (κ2) is 4.53. The fourth-order valence-electron chi connectivity index (χ4n) is 1.17. The first-order valence-corrected chi connectivity index (χ1v) is 5.06. The highest BCUT2D eigenvalue weighted by atomic mass is 16.5. The molecule has 0 fully saturated rings. The summed E-state index contributed by atoms with van der Waals surface area (Å²) in [6.07, 6.45) is 0. The number of hydrogen-bond donors (Lipinski definition) is 2. The molecule has 0 bridgehead atoms. The summed E-state index contributed by atoms with van der Waals surface area (Å²) in [6.45, 7) is 5.29. The summed E-state index contributed by atoms with van der Waals surface area (Å²) in [4.78, 5) is 10.8. The van der Waals surface area contributed by atoms with Crippen molar-refractivity contribution in [3.8, 4) is 5.75 Å². The number of carboxylic acid groups (broad SMARTS) is 1. The first-order valence-electron chi connectivity index (χ1n) is 5.06. The standard InChI is InChI=1S/C12H17NO3/c1-8-5-4-6-10(9(8)2)16-7-12(3,13)11(14)15/h4-6H,7,13H2,1-3H3,(H,14,15). The van der Waals surface area contributed by atoms with Gasteiger partial charge in [0.1, 0.15) is 17.9 Å². The van der Waals surface area contributed by atoms with Gasteiger partial charge in [0.05, 0.1) is 0 Å². The molecule has 0 aliphatic heterocycles. The Balaban J connectivity index is 2.76. The van der Waals surface area contributed by atoms with Crippen molar-refractivity contribution in [1.29, 1.82) is 0 Å². The van der Waals surface area contributed by atoms with Crippen LogP contribution in [0.15, 0.2) is 18.2 Å². The second-order valence-electron chi connectivity index (χ2n) is 4.21. The third-order valence-electron chi connectivity index (χ3n) is 2.57. The van der Waals surface area contributed by atoms with Gasteiger partial charge in [-0.05, 0) is 38.0 Å². The molecule has 88 valence electrons. The Labute approximate surface area is 95.0 Å². The summed E-state index contributed by atoms with van der Waals surface area (Å²) in [5, 5.41) is 8.84. The van der Waals surface area contributed by atoms with Crippen LogP contribution in [0.5, 0.6) is 5.75 Å². The normalized spacial score (nSPS) is 14.2. The molecule has 1 atom stereocenters. The number of benzene rings is 1. The Bertz CT molecular complexity index is 399. The number of carboxylic acids is 1. The number of hydrogen-bond acceptors (Lipinski definition) is 3. The van der Waals surface area contributed by atoms with Crippen molar-refractivity contribution in [3.05, 3.63) is 29.3 Å². The van der Waals surface area contributed by atoms with E-state index in [0.717, 1.165) is 11.1 Å². The SMILES string of the molecule is Cc1cccc(OCC(C)(N)C(=O)O)c1C. The van der Waals surface area contributed by atoms with E-state index < -0.39 is 11.5 Å². The van der Waals surface area contributed by atoms with Crippen LogP contribution in [0.3, 0.4) is 0 Å². The predicted molar refractivity (Wildman–Crippen MR) is 61.6 cm³/mol. The summed E-state index contributed by atoms with van der Waals surface area (Å²) in [6, 6.07) is 5.65. The Kier molecular flexibility index (Phi) is 3.55. The van der Waals surface area contributed by atoms with Gasteiger partial charge in [-0.1, -0.05) is 12.1 Å². The van der Waals surface area contributed by atoms with Gasteiger partial charge >= 0.3 is 5.97 Å². The van der Waals surface area contributed by atoms with Crippen LogP contribution in [0, 0.1) is 13.8 Å². The zero-order valence-corrected chi connectivity index (χ0v) is 9.78. The fourth-order valence-corrected chi connectivity index (χ4v) is 1.17. The van der Waals surface area contributed by atoms with Crippen LogP contribution in [0.1, 0.15) is 18.1 Å². The van der Waals surface area contributed by atoms with Gasteiger partial charge in [0.25, 0.3) is 0 Å². The maximum absolute atomic E-state index is 10.8. The van der Waals surface area contributed by atoms with E-state index in [9.17, 15) is 4.79 Å². The summed E-state index contributed by atoms with van der Waals surface area (Å²) in [5.41, 5.74) is 6.31. The molecule has 0 aliphatic rings. The van der Waals surface area contributed by atoms with Crippen LogP contribution in [0.25, 0.3) is 0 Å². The van der Waals surface area contributed by atoms with Gasteiger partial charge in [-0.25, -0.2) is 0 Å². The van der Waals surface area contributed by atoms with Crippen LogP contribution in [-0.2, 0) is 4.79 Å². The first-order chi connectivity index (χ1) is 7.34. The number of rotatable bonds is 4. The van der Waals surface area contributed by atoms with Crippen LogP contribution in [0.4, 0.5) is 0 Å². The second-order valence-corrected chi connectivity index (χ2v) is 4.21. The molecule has 1 rings (SSSR count). The molecule has 3 N–H and O–H groups in total. The van der Waals surface area contributed by atoms with Crippen LogP contribution in [-0.4, -0.2) is 23.2 Å². The van der Waals surface area contributed by atoms with E-state index in [2.05, 4.69) is 0 Å². The predicted octanol–water partition coefficient (Wildman–Crippen LogP) is 1.48. The van der Waals surface area contributed by atoms with Crippen molar-refractivity contribution in [2.45, 2.75) is 26.3 Å². The number of nitrogens with two attached hydrogens (primary N) is 1. The van der Waals surface area contributed by atoms with E-state index in [1.165, 1.54) is 6.92 Å². The molecule has 0 heterocycles. The lowest BCUT2D eigenvalue weighted by Crippen LogP contribution is -2.50. The van der Waals surface area contributed by atoms with Gasteiger partial charge in [-0.3, -0.25) is 4.79 Å². The summed E-state index contributed by atoms with van der Waals surface area (Å²) < 4.78 is 5.44. The van der Waals surface area contributed by atoms with Crippen molar-refractivity contribution in [2.75, 3.05) is 6.61 Å². The molecular weight excluding hydrogens is 206 g/mol. The van der Waals surface area contributed by atoms with Gasteiger partial charge in [-0.2, -0.15) is 0 Å². The number of ether oxygens (including phenoxy) is 1. The third-order valence-corrected chi connectivity index (χ3v) is 2.57. The molecular formula is C12H17NO3. The quantitative estimate of drug-likeness (QED) is 0.811. The van der Waals surface area contributed by atoms with E-state index in [4.69, 9.17) is 15.6 Å². The minimum absolute atomic E-state index is 0.0490. The summed E-state index contributed by atoms with van der Waals surface area (Å²) >= 11 is 0. The molecule has 0 aliphatic carbocycles. The van der Waals surface area contributed by atoms with Crippen LogP contribution < -0.4 is 10.5 Å². The Morgan fingerprint density at radius 2 is 2.12 bits per heavy atom. The maximum Gasteiger partial charge on any atom is 0.326 e. The van der Waals surface area contributed by atoms with E-state index in [0.29, 0.717) is 5.75 Å². The minimum Gasteiger partial charge on any atom is -0.491 e. The van der Waals surface area contributed by atoms with E-state index in [1.807, 2.05) is 26.0 Å². The van der Waals surface area contributed by atoms with Gasteiger partial charge in [-0.15, -0.1) is 0 Å². The Hall–Kier alpha value is -1.55. The van der Waals surface area contributed by atoms with Crippen LogP contribution in [0.2, 0.25) is 0 Å². The largest absolute Gasteiger partial charge is 0.491 e.